The van der Waals surface area contributed by atoms with Crippen LogP contribution in [0.25, 0.3) is 5.57 Å². The van der Waals surface area contributed by atoms with Crippen LogP contribution in [-0.4, -0.2) is 18.8 Å². The van der Waals surface area contributed by atoms with Gasteiger partial charge in [-0.1, -0.05) is 46.9 Å². The molecular formula is C19H13BrCl3F3O2. The van der Waals surface area contributed by atoms with Gasteiger partial charge in [0.25, 0.3) is 0 Å². The number of allylic oxidation sites excluding steroid dienone is 2. The van der Waals surface area contributed by atoms with Crippen LogP contribution in [0.5, 0.6) is 0 Å². The fourth-order valence-corrected chi connectivity index (χ4v) is 3.57. The average Bonchev–Trinajstić information content (AvgIpc) is 2.58. The summed E-state index contributed by atoms with van der Waals surface area (Å²) in [5.74, 6) is -0.516. The normalized spacial score (nSPS) is 12.2. The van der Waals surface area contributed by atoms with Crippen LogP contribution in [0.15, 0.2) is 40.9 Å². The Balaban J connectivity index is 2.37. The summed E-state index contributed by atoms with van der Waals surface area (Å²) in [6, 6.07) is 6.86. The van der Waals surface area contributed by atoms with E-state index in [1.165, 1.54) is 6.07 Å². The molecule has 28 heavy (non-hydrogen) atoms. The predicted molar refractivity (Wildman–Crippen MR) is 109 cm³/mol. The number of carbonyl (C=O) groups excluding carboxylic acids is 1. The van der Waals surface area contributed by atoms with Gasteiger partial charge in [-0.25, -0.2) is 4.79 Å². The van der Waals surface area contributed by atoms with Gasteiger partial charge in [-0.15, -0.1) is 0 Å². The molecule has 0 atom stereocenters. The van der Waals surface area contributed by atoms with Gasteiger partial charge in [0.2, 0.25) is 0 Å². The van der Waals surface area contributed by atoms with Crippen molar-refractivity contribution in [1.29, 1.82) is 0 Å². The maximum absolute atomic E-state index is 13.5. The van der Waals surface area contributed by atoms with Gasteiger partial charge in [0.05, 0.1) is 32.8 Å². The zero-order valence-corrected chi connectivity index (χ0v) is 18.2. The molecule has 2 nitrogen and oxygen atoms in total. The fourth-order valence-electron chi connectivity index (χ4n) is 2.39. The van der Waals surface area contributed by atoms with Crippen molar-refractivity contribution in [2.24, 2.45) is 0 Å². The highest BCUT2D eigenvalue weighted by atomic mass is 79.9. The summed E-state index contributed by atoms with van der Waals surface area (Å²) >= 11 is 20.8. The van der Waals surface area contributed by atoms with E-state index in [9.17, 15) is 18.0 Å². The number of hydrogen-bond donors (Lipinski definition) is 0. The summed E-state index contributed by atoms with van der Waals surface area (Å²) in [5.41, 5.74) is -0.220. The SMILES string of the molecule is CCOC(=O)c1ccc(CC=C(c2cc(Cl)c(Cl)c(Cl)c2)C(F)(F)F)cc1Br. The lowest BCUT2D eigenvalue weighted by Gasteiger charge is -2.14. The summed E-state index contributed by atoms with van der Waals surface area (Å²) in [6.45, 7) is 1.90. The molecule has 9 heteroatoms. The molecule has 2 aromatic carbocycles. The Kier molecular flexibility index (Phi) is 7.85. The second-order valence-electron chi connectivity index (χ2n) is 5.61. The van der Waals surface area contributed by atoms with Crippen LogP contribution in [0.3, 0.4) is 0 Å². The number of hydrogen-bond acceptors (Lipinski definition) is 2. The van der Waals surface area contributed by atoms with E-state index in [4.69, 9.17) is 39.5 Å². The Bertz CT molecular complexity index is 904. The first-order chi connectivity index (χ1) is 13.0. The average molecular weight is 517 g/mol. The van der Waals surface area contributed by atoms with Gasteiger partial charge in [-0.05, 0) is 64.7 Å². The molecule has 0 bridgehead atoms. The Morgan fingerprint density at radius 2 is 1.75 bits per heavy atom. The minimum atomic E-state index is -4.62. The lowest BCUT2D eigenvalue weighted by atomic mass is 10.0. The van der Waals surface area contributed by atoms with E-state index in [-0.39, 0.29) is 33.7 Å². The van der Waals surface area contributed by atoms with Crippen LogP contribution >= 0.6 is 50.7 Å². The quantitative estimate of drug-likeness (QED) is 0.300. The Hall–Kier alpha value is -1.21. The minimum Gasteiger partial charge on any atom is -0.462 e. The summed E-state index contributed by atoms with van der Waals surface area (Å²) in [5, 5.41) is -0.145. The van der Waals surface area contributed by atoms with Crippen molar-refractivity contribution in [3.8, 4) is 0 Å². The molecule has 0 amide bonds. The van der Waals surface area contributed by atoms with E-state index in [1.807, 2.05) is 0 Å². The van der Waals surface area contributed by atoms with Gasteiger partial charge >= 0.3 is 12.1 Å². The summed E-state index contributed by atoms with van der Waals surface area (Å²) in [6.07, 6.45) is -3.63. The number of carbonyl (C=O) groups is 1. The van der Waals surface area contributed by atoms with Gasteiger partial charge in [0.1, 0.15) is 0 Å². The van der Waals surface area contributed by atoms with Crippen LogP contribution in [0.2, 0.25) is 15.1 Å². The molecule has 0 aliphatic heterocycles. The van der Waals surface area contributed by atoms with Crippen LogP contribution in [0, 0.1) is 0 Å². The Labute approximate surface area is 183 Å². The minimum absolute atomic E-state index is 0.00732. The zero-order chi connectivity index (χ0) is 21.1. The molecule has 0 saturated heterocycles. The molecule has 0 saturated carbocycles. The van der Waals surface area contributed by atoms with E-state index in [1.54, 1.807) is 19.1 Å². The number of halogens is 7. The fraction of sp³-hybridized carbons (Fsp3) is 0.211. The molecule has 0 radical (unpaired) electrons. The number of ether oxygens (including phenoxy) is 1. The highest BCUT2D eigenvalue weighted by molar-refractivity contribution is 9.10. The van der Waals surface area contributed by atoms with Crippen LogP contribution in [-0.2, 0) is 11.2 Å². The number of alkyl halides is 3. The van der Waals surface area contributed by atoms with Crippen molar-refractivity contribution < 1.29 is 22.7 Å². The molecule has 2 aromatic rings. The monoisotopic (exact) mass is 514 g/mol. The van der Waals surface area contributed by atoms with Crippen molar-refractivity contribution >= 4 is 62.3 Å². The third kappa shape index (κ3) is 5.66. The molecule has 0 fully saturated rings. The van der Waals surface area contributed by atoms with Gasteiger partial charge in [-0.3, -0.25) is 0 Å². The summed E-state index contributed by atoms with van der Waals surface area (Å²) in [4.78, 5) is 11.8. The van der Waals surface area contributed by atoms with E-state index in [0.717, 1.165) is 18.2 Å². The molecule has 0 heterocycles. The molecule has 0 aliphatic rings. The maximum Gasteiger partial charge on any atom is 0.416 e. The van der Waals surface area contributed by atoms with Crippen molar-refractivity contribution in [3.63, 3.8) is 0 Å². The number of esters is 1. The van der Waals surface area contributed by atoms with Crippen LogP contribution in [0.1, 0.15) is 28.4 Å². The van der Waals surface area contributed by atoms with Gasteiger partial charge in [0, 0.05) is 4.47 Å². The molecule has 0 unspecified atom stereocenters. The molecule has 0 N–H and O–H groups in total. The van der Waals surface area contributed by atoms with E-state index in [0.29, 0.717) is 15.6 Å². The second kappa shape index (κ2) is 9.53. The highest BCUT2D eigenvalue weighted by Crippen LogP contribution is 2.39. The van der Waals surface area contributed by atoms with Crippen molar-refractivity contribution in [2.75, 3.05) is 6.61 Å². The molecular weight excluding hydrogens is 503 g/mol. The van der Waals surface area contributed by atoms with Crippen LogP contribution < -0.4 is 0 Å². The first-order valence-electron chi connectivity index (χ1n) is 7.92. The van der Waals surface area contributed by atoms with E-state index in [2.05, 4.69) is 15.9 Å². The lowest BCUT2D eigenvalue weighted by Crippen LogP contribution is -2.11. The molecule has 0 aromatic heterocycles. The maximum atomic E-state index is 13.5. The standard InChI is InChI=1S/C19H13BrCl3F3O2/c1-2-28-18(27)12-5-3-10(7-14(12)20)4-6-13(19(24,25)26)11-8-15(21)17(23)16(22)9-11/h3,5-9H,2,4H2,1H3. The van der Waals surface area contributed by atoms with E-state index >= 15 is 0 Å². The third-order valence-corrected chi connectivity index (χ3v) is 5.52. The van der Waals surface area contributed by atoms with Gasteiger partial charge in [0.15, 0.2) is 0 Å². The summed E-state index contributed by atoms with van der Waals surface area (Å²) < 4.78 is 46.0. The largest absolute Gasteiger partial charge is 0.462 e. The second-order valence-corrected chi connectivity index (χ2v) is 7.65. The smallest absolute Gasteiger partial charge is 0.416 e. The Morgan fingerprint density at radius 1 is 1.14 bits per heavy atom. The summed E-state index contributed by atoms with van der Waals surface area (Å²) in [7, 11) is 0. The van der Waals surface area contributed by atoms with Crippen molar-refractivity contribution in [1.82, 2.24) is 0 Å². The first kappa shape index (κ1) is 23.1. The molecule has 0 aliphatic carbocycles. The zero-order valence-electron chi connectivity index (χ0n) is 14.3. The van der Waals surface area contributed by atoms with Crippen molar-refractivity contribution in [2.45, 2.75) is 19.5 Å². The molecule has 0 spiro atoms. The number of rotatable bonds is 5. The third-order valence-electron chi connectivity index (χ3n) is 3.67. The van der Waals surface area contributed by atoms with Crippen molar-refractivity contribution in [3.05, 3.63) is 72.6 Å². The Morgan fingerprint density at radius 3 is 2.25 bits per heavy atom. The lowest BCUT2D eigenvalue weighted by molar-refractivity contribution is -0.0690. The van der Waals surface area contributed by atoms with E-state index < -0.39 is 17.7 Å². The van der Waals surface area contributed by atoms with Gasteiger partial charge < -0.3 is 4.74 Å². The first-order valence-corrected chi connectivity index (χ1v) is 9.85. The molecule has 150 valence electrons. The number of benzene rings is 2. The van der Waals surface area contributed by atoms with Crippen LogP contribution in [0.4, 0.5) is 13.2 Å². The highest BCUT2D eigenvalue weighted by Gasteiger charge is 2.35. The van der Waals surface area contributed by atoms with Gasteiger partial charge in [-0.2, -0.15) is 13.2 Å². The predicted octanol–water partition coefficient (Wildman–Crippen LogP) is 7.77. The topological polar surface area (TPSA) is 26.3 Å². The molecule has 2 rings (SSSR count).